The van der Waals surface area contributed by atoms with Crippen LogP contribution in [0.25, 0.3) is 0 Å². The molecule has 1 amide bonds. The van der Waals surface area contributed by atoms with E-state index in [0.717, 1.165) is 6.42 Å². The lowest BCUT2D eigenvalue weighted by Crippen LogP contribution is -2.31. The molecule has 0 saturated heterocycles. The standard InChI is InChI=1S/C13H16N2O/c1-13(9-12(14)16)8-11-5-3-2-4-10(11)6-7-15-13/h2-7,11H,8-9H2,1H3,(H2,14,16)/t11-,13-/m0/s1. The summed E-state index contributed by atoms with van der Waals surface area (Å²) in [5.74, 6) is 0.0512. The van der Waals surface area contributed by atoms with Crippen LogP contribution in [0.3, 0.4) is 0 Å². The van der Waals surface area contributed by atoms with Gasteiger partial charge in [0.25, 0.3) is 0 Å². The van der Waals surface area contributed by atoms with Crippen LogP contribution in [0.1, 0.15) is 19.8 Å². The van der Waals surface area contributed by atoms with Gasteiger partial charge >= 0.3 is 0 Å². The fourth-order valence-electron chi connectivity index (χ4n) is 2.29. The number of hydrogen-bond acceptors (Lipinski definition) is 2. The van der Waals surface area contributed by atoms with E-state index in [2.05, 4.69) is 17.1 Å². The Morgan fingerprint density at radius 2 is 2.44 bits per heavy atom. The Morgan fingerprint density at radius 3 is 3.19 bits per heavy atom. The van der Waals surface area contributed by atoms with Gasteiger partial charge in [0.15, 0.2) is 0 Å². The number of nitrogens with zero attached hydrogens (tertiary/aromatic N) is 1. The van der Waals surface area contributed by atoms with Crippen molar-refractivity contribution in [1.82, 2.24) is 0 Å². The molecule has 1 aliphatic heterocycles. The SMILES string of the molecule is C[C@@]1(CC(N)=O)C[C@@H]2C=CC=CC2=CC=N1. The van der Waals surface area contributed by atoms with Crippen LogP contribution in [0.2, 0.25) is 0 Å². The van der Waals surface area contributed by atoms with E-state index < -0.39 is 0 Å². The summed E-state index contributed by atoms with van der Waals surface area (Å²) >= 11 is 0. The Labute approximate surface area is 95.4 Å². The number of aliphatic imine (C=N–C) groups is 1. The molecule has 3 heteroatoms. The van der Waals surface area contributed by atoms with Crippen LogP contribution in [0.5, 0.6) is 0 Å². The molecule has 2 rings (SSSR count). The lowest BCUT2D eigenvalue weighted by Gasteiger charge is -2.27. The van der Waals surface area contributed by atoms with Gasteiger partial charge in [-0.05, 0) is 25.0 Å². The molecule has 0 spiro atoms. The highest BCUT2D eigenvalue weighted by molar-refractivity contribution is 5.78. The zero-order valence-corrected chi connectivity index (χ0v) is 9.39. The highest BCUT2D eigenvalue weighted by Gasteiger charge is 2.30. The van der Waals surface area contributed by atoms with Crippen LogP contribution in [0.4, 0.5) is 0 Å². The molecule has 0 radical (unpaired) electrons. The van der Waals surface area contributed by atoms with Crippen LogP contribution < -0.4 is 5.73 Å². The van der Waals surface area contributed by atoms with Crippen LogP contribution in [0.15, 0.2) is 40.9 Å². The number of rotatable bonds is 2. The van der Waals surface area contributed by atoms with Crippen molar-refractivity contribution in [2.24, 2.45) is 16.6 Å². The van der Waals surface area contributed by atoms with Gasteiger partial charge in [-0.2, -0.15) is 0 Å². The predicted molar refractivity (Wildman–Crippen MR) is 65.2 cm³/mol. The summed E-state index contributed by atoms with van der Waals surface area (Å²) in [6.07, 6.45) is 13.2. The molecule has 2 atom stereocenters. The van der Waals surface area contributed by atoms with Gasteiger partial charge in [0.1, 0.15) is 0 Å². The molecule has 3 nitrogen and oxygen atoms in total. The molecule has 0 bridgehead atoms. The first kappa shape index (κ1) is 10.9. The molecule has 1 aliphatic carbocycles. The minimum atomic E-state index is -0.371. The molecule has 0 aromatic rings. The molecule has 0 unspecified atom stereocenters. The number of fused-ring (bicyclic) bond motifs is 1. The first-order valence-corrected chi connectivity index (χ1v) is 5.48. The number of hydrogen-bond donors (Lipinski definition) is 1. The summed E-state index contributed by atoms with van der Waals surface area (Å²) in [5.41, 5.74) is 6.14. The Bertz CT molecular complexity index is 418. The normalized spacial score (nSPS) is 31.8. The van der Waals surface area contributed by atoms with Gasteiger partial charge in [-0.25, -0.2) is 0 Å². The van der Waals surface area contributed by atoms with Crippen molar-refractivity contribution >= 4 is 12.1 Å². The van der Waals surface area contributed by atoms with Gasteiger partial charge in [0, 0.05) is 12.1 Å². The maximum absolute atomic E-state index is 11.0. The molecule has 0 aromatic carbocycles. The third-order valence-corrected chi connectivity index (χ3v) is 3.04. The van der Waals surface area contributed by atoms with Crippen molar-refractivity contribution in [1.29, 1.82) is 0 Å². The first-order valence-electron chi connectivity index (χ1n) is 5.48. The molecule has 84 valence electrons. The van der Waals surface area contributed by atoms with Crippen LogP contribution in [0, 0.1) is 5.92 Å². The summed E-state index contributed by atoms with van der Waals surface area (Å²) in [6.45, 7) is 1.98. The topological polar surface area (TPSA) is 55.5 Å². The minimum absolute atomic E-state index is 0.293. The molecule has 0 saturated carbocycles. The second kappa shape index (κ2) is 4.08. The van der Waals surface area contributed by atoms with E-state index in [1.165, 1.54) is 5.57 Å². The predicted octanol–water partition coefficient (Wildman–Crippen LogP) is 1.76. The summed E-state index contributed by atoms with van der Waals surface area (Å²) < 4.78 is 0. The molecular weight excluding hydrogens is 200 g/mol. The van der Waals surface area contributed by atoms with Crippen molar-refractivity contribution in [3.8, 4) is 0 Å². The Hall–Kier alpha value is -1.64. The van der Waals surface area contributed by atoms with Crippen molar-refractivity contribution in [3.63, 3.8) is 0 Å². The quantitative estimate of drug-likeness (QED) is 0.751. The number of primary amides is 1. The van der Waals surface area contributed by atoms with Gasteiger partial charge < -0.3 is 5.73 Å². The largest absolute Gasteiger partial charge is 0.370 e. The lowest BCUT2D eigenvalue weighted by molar-refractivity contribution is -0.119. The van der Waals surface area contributed by atoms with E-state index >= 15 is 0 Å². The molecule has 1 heterocycles. The van der Waals surface area contributed by atoms with Gasteiger partial charge in [0.05, 0.1) is 12.0 Å². The smallest absolute Gasteiger partial charge is 0.219 e. The average molecular weight is 216 g/mol. The van der Waals surface area contributed by atoms with E-state index in [1.54, 1.807) is 6.21 Å². The second-order valence-corrected chi connectivity index (χ2v) is 4.64. The summed E-state index contributed by atoms with van der Waals surface area (Å²) in [5, 5.41) is 0. The fourth-order valence-corrected chi connectivity index (χ4v) is 2.29. The van der Waals surface area contributed by atoms with Crippen LogP contribution in [-0.4, -0.2) is 17.7 Å². The Kier molecular flexibility index (Phi) is 2.77. The van der Waals surface area contributed by atoms with Crippen molar-refractivity contribution in [2.75, 3.05) is 0 Å². The van der Waals surface area contributed by atoms with Gasteiger partial charge in [-0.15, -0.1) is 0 Å². The average Bonchev–Trinajstić information content (AvgIpc) is 2.34. The van der Waals surface area contributed by atoms with Crippen molar-refractivity contribution < 1.29 is 4.79 Å². The first-order chi connectivity index (χ1) is 7.59. The Balaban J connectivity index is 2.21. The number of nitrogens with two attached hydrogens (primary N) is 1. The maximum atomic E-state index is 11.0. The summed E-state index contributed by atoms with van der Waals surface area (Å²) in [7, 11) is 0. The second-order valence-electron chi connectivity index (χ2n) is 4.64. The van der Waals surface area contributed by atoms with Crippen LogP contribution in [-0.2, 0) is 4.79 Å². The third kappa shape index (κ3) is 2.30. The number of carbonyl (C=O) groups excluding carboxylic acids is 1. The molecular formula is C13H16N2O. The van der Waals surface area contributed by atoms with Crippen molar-refractivity contribution in [3.05, 3.63) is 36.0 Å². The highest BCUT2D eigenvalue weighted by atomic mass is 16.1. The number of amides is 1. The molecule has 0 fully saturated rings. The highest BCUT2D eigenvalue weighted by Crippen LogP contribution is 2.33. The summed E-state index contributed by atoms with van der Waals surface area (Å²) in [6, 6.07) is 0. The van der Waals surface area contributed by atoms with E-state index in [9.17, 15) is 4.79 Å². The van der Waals surface area contributed by atoms with E-state index in [0.29, 0.717) is 12.3 Å². The fraction of sp³-hybridized carbons (Fsp3) is 0.385. The van der Waals surface area contributed by atoms with Crippen LogP contribution >= 0.6 is 0 Å². The van der Waals surface area contributed by atoms with Gasteiger partial charge in [-0.3, -0.25) is 9.79 Å². The molecule has 2 N–H and O–H groups in total. The number of allylic oxidation sites excluding steroid dienone is 6. The minimum Gasteiger partial charge on any atom is -0.370 e. The van der Waals surface area contributed by atoms with E-state index in [4.69, 9.17) is 5.73 Å². The molecule has 16 heavy (non-hydrogen) atoms. The summed E-state index contributed by atoms with van der Waals surface area (Å²) in [4.78, 5) is 15.5. The lowest BCUT2D eigenvalue weighted by atomic mass is 9.82. The van der Waals surface area contributed by atoms with Gasteiger partial charge in [-0.1, -0.05) is 24.3 Å². The zero-order valence-electron chi connectivity index (χ0n) is 9.39. The van der Waals surface area contributed by atoms with E-state index in [1.807, 2.05) is 25.2 Å². The molecule has 0 aromatic heterocycles. The molecule has 2 aliphatic rings. The monoisotopic (exact) mass is 216 g/mol. The Morgan fingerprint density at radius 1 is 1.62 bits per heavy atom. The van der Waals surface area contributed by atoms with Crippen molar-refractivity contribution in [2.45, 2.75) is 25.3 Å². The van der Waals surface area contributed by atoms with Gasteiger partial charge in [0.2, 0.25) is 5.91 Å². The zero-order chi connectivity index (χ0) is 11.6. The maximum Gasteiger partial charge on any atom is 0.219 e. The van der Waals surface area contributed by atoms with E-state index in [-0.39, 0.29) is 11.4 Å². The number of carbonyl (C=O) groups is 1. The third-order valence-electron chi connectivity index (χ3n) is 3.04.